The Hall–Kier alpha value is -1.24. The van der Waals surface area contributed by atoms with Crippen molar-refractivity contribution in [2.24, 2.45) is 5.92 Å². The van der Waals surface area contributed by atoms with Gasteiger partial charge in [-0.3, -0.25) is 14.4 Å². The van der Waals surface area contributed by atoms with E-state index in [4.69, 9.17) is 5.11 Å². The van der Waals surface area contributed by atoms with Crippen LogP contribution in [0, 0.1) is 5.92 Å². The van der Waals surface area contributed by atoms with Crippen molar-refractivity contribution >= 4 is 29.5 Å². The molecule has 7 heteroatoms. The number of carboxylic acids is 1. The average molecular weight is 300 g/mol. The fraction of sp³-hybridized carbons (Fsp3) is 0.769. The first-order valence-electron chi connectivity index (χ1n) is 6.93. The Morgan fingerprint density at radius 1 is 1.35 bits per heavy atom. The van der Waals surface area contributed by atoms with Crippen LogP contribution in [0.15, 0.2) is 0 Å². The lowest BCUT2D eigenvalue weighted by Crippen LogP contribution is -2.52. The van der Waals surface area contributed by atoms with Gasteiger partial charge in [0.1, 0.15) is 6.04 Å². The molecule has 0 aliphatic carbocycles. The van der Waals surface area contributed by atoms with Gasteiger partial charge in [-0.1, -0.05) is 6.92 Å². The number of thioether (sulfide) groups is 1. The Bertz CT molecular complexity index is 415. The normalized spacial score (nSPS) is 26.6. The maximum Gasteiger partial charge on any atom is 0.308 e. The summed E-state index contributed by atoms with van der Waals surface area (Å²) in [6.45, 7) is 2.65. The maximum atomic E-state index is 12.5. The first kappa shape index (κ1) is 15.2. The molecule has 0 aromatic carbocycles. The Morgan fingerprint density at radius 2 is 2.10 bits per heavy atom. The van der Waals surface area contributed by atoms with Crippen LogP contribution in [0.25, 0.3) is 0 Å². The highest BCUT2D eigenvalue weighted by Gasteiger charge is 2.38. The molecule has 2 heterocycles. The molecule has 2 aliphatic heterocycles. The van der Waals surface area contributed by atoms with E-state index in [2.05, 4.69) is 0 Å². The first-order chi connectivity index (χ1) is 9.54. The molecule has 0 saturated carbocycles. The lowest BCUT2D eigenvalue weighted by Gasteiger charge is -2.34. The van der Waals surface area contributed by atoms with Crippen LogP contribution in [-0.4, -0.2) is 63.5 Å². The molecule has 20 heavy (non-hydrogen) atoms. The van der Waals surface area contributed by atoms with E-state index in [1.807, 2.05) is 0 Å². The van der Waals surface area contributed by atoms with Crippen LogP contribution < -0.4 is 0 Å². The van der Waals surface area contributed by atoms with Crippen molar-refractivity contribution in [1.82, 2.24) is 9.80 Å². The van der Waals surface area contributed by atoms with E-state index < -0.39 is 17.9 Å². The molecule has 0 spiro atoms. The fourth-order valence-corrected chi connectivity index (χ4v) is 3.86. The van der Waals surface area contributed by atoms with Crippen molar-refractivity contribution in [3.8, 4) is 0 Å². The molecule has 2 amide bonds. The number of piperidine rings is 1. The van der Waals surface area contributed by atoms with Crippen LogP contribution in [0.2, 0.25) is 0 Å². The molecule has 0 bridgehead atoms. The molecule has 2 fully saturated rings. The van der Waals surface area contributed by atoms with E-state index in [1.54, 1.807) is 28.5 Å². The van der Waals surface area contributed by atoms with Gasteiger partial charge in [-0.2, -0.15) is 0 Å². The predicted molar refractivity (Wildman–Crippen MR) is 75.2 cm³/mol. The third kappa shape index (κ3) is 3.08. The molecular formula is C13H20N2O4S. The molecule has 1 N–H and O–H groups in total. The second-order valence-corrected chi connectivity index (χ2v) is 6.19. The molecule has 2 atom stereocenters. The second kappa shape index (κ2) is 6.47. The van der Waals surface area contributed by atoms with Crippen molar-refractivity contribution in [3.63, 3.8) is 0 Å². The Labute approximate surface area is 122 Å². The van der Waals surface area contributed by atoms with Gasteiger partial charge in [0.05, 0.1) is 11.8 Å². The largest absolute Gasteiger partial charge is 0.481 e. The zero-order valence-corrected chi connectivity index (χ0v) is 12.4. The summed E-state index contributed by atoms with van der Waals surface area (Å²) in [5.41, 5.74) is 0. The molecule has 0 aromatic rings. The van der Waals surface area contributed by atoms with Crippen LogP contribution in [0.4, 0.5) is 0 Å². The Morgan fingerprint density at radius 3 is 2.75 bits per heavy atom. The van der Waals surface area contributed by atoms with E-state index >= 15 is 0 Å². The lowest BCUT2D eigenvalue weighted by atomic mass is 9.97. The number of rotatable bonds is 3. The fourth-order valence-electron chi connectivity index (χ4n) is 2.69. The van der Waals surface area contributed by atoms with Crippen LogP contribution in [0.3, 0.4) is 0 Å². The number of amides is 2. The van der Waals surface area contributed by atoms with Crippen LogP contribution >= 0.6 is 11.8 Å². The summed E-state index contributed by atoms with van der Waals surface area (Å²) in [5, 5.41) is 9.07. The molecule has 0 aromatic heterocycles. The maximum absolute atomic E-state index is 12.5. The average Bonchev–Trinajstić information content (AvgIpc) is 2.95. The Kier molecular flexibility index (Phi) is 4.91. The number of hydrogen-bond donors (Lipinski definition) is 1. The van der Waals surface area contributed by atoms with Gasteiger partial charge in [0, 0.05) is 25.3 Å². The summed E-state index contributed by atoms with van der Waals surface area (Å²) in [6.07, 6.45) is 1.72. The molecule has 6 nitrogen and oxygen atoms in total. The second-order valence-electron chi connectivity index (χ2n) is 5.19. The zero-order valence-electron chi connectivity index (χ0n) is 11.6. The number of carbonyl (C=O) groups is 3. The number of hydrogen-bond acceptors (Lipinski definition) is 4. The van der Waals surface area contributed by atoms with Crippen LogP contribution in [0.5, 0.6) is 0 Å². The van der Waals surface area contributed by atoms with Crippen molar-refractivity contribution < 1.29 is 19.5 Å². The summed E-state index contributed by atoms with van der Waals surface area (Å²) in [5.74, 6) is -0.261. The lowest BCUT2D eigenvalue weighted by molar-refractivity contribution is -0.149. The molecule has 2 aliphatic rings. The minimum atomic E-state index is -0.843. The summed E-state index contributed by atoms with van der Waals surface area (Å²) < 4.78 is 0. The molecule has 0 radical (unpaired) electrons. The van der Waals surface area contributed by atoms with Gasteiger partial charge >= 0.3 is 5.97 Å². The number of carboxylic acid groups (broad SMARTS) is 1. The topological polar surface area (TPSA) is 77.9 Å². The number of aliphatic carboxylic acids is 1. The highest BCUT2D eigenvalue weighted by Crippen LogP contribution is 2.25. The minimum absolute atomic E-state index is 0.0138. The molecule has 2 saturated heterocycles. The van der Waals surface area contributed by atoms with Crippen molar-refractivity contribution in [3.05, 3.63) is 0 Å². The third-order valence-corrected chi connectivity index (χ3v) is 4.88. The van der Waals surface area contributed by atoms with Gasteiger partial charge in [-0.15, -0.1) is 11.8 Å². The quantitative estimate of drug-likeness (QED) is 0.827. The van der Waals surface area contributed by atoms with Gasteiger partial charge in [0.25, 0.3) is 0 Å². The van der Waals surface area contributed by atoms with Gasteiger partial charge in [0.2, 0.25) is 11.8 Å². The molecular weight excluding hydrogens is 280 g/mol. The Balaban J connectivity index is 2.02. The number of carbonyl (C=O) groups excluding carboxylic acids is 2. The van der Waals surface area contributed by atoms with Crippen molar-refractivity contribution in [2.45, 2.75) is 32.2 Å². The van der Waals surface area contributed by atoms with Gasteiger partial charge in [0.15, 0.2) is 0 Å². The zero-order chi connectivity index (χ0) is 14.7. The van der Waals surface area contributed by atoms with Crippen molar-refractivity contribution in [2.75, 3.05) is 24.7 Å². The highest BCUT2D eigenvalue weighted by atomic mass is 32.2. The minimum Gasteiger partial charge on any atom is -0.481 e. The standard InChI is InChI=1S/C13H20N2O4S/c1-2-11(16)15-8-20-7-10(15)12(17)14-5-3-4-9(6-14)13(18)19/h9-10H,2-8H2,1H3,(H,18,19)/t9-,10?/m0/s1. The summed E-state index contributed by atoms with van der Waals surface area (Å²) in [6, 6.07) is -0.417. The van der Waals surface area contributed by atoms with E-state index in [0.717, 1.165) is 0 Å². The van der Waals surface area contributed by atoms with E-state index in [0.29, 0.717) is 37.4 Å². The van der Waals surface area contributed by atoms with Crippen LogP contribution in [-0.2, 0) is 14.4 Å². The molecule has 2 rings (SSSR count). The first-order valence-corrected chi connectivity index (χ1v) is 8.08. The number of likely N-dealkylation sites (tertiary alicyclic amines) is 1. The summed E-state index contributed by atoms with van der Waals surface area (Å²) in [4.78, 5) is 38.7. The van der Waals surface area contributed by atoms with Crippen LogP contribution in [0.1, 0.15) is 26.2 Å². The van der Waals surface area contributed by atoms with E-state index in [9.17, 15) is 14.4 Å². The predicted octanol–water partition coefficient (Wildman–Crippen LogP) is 0.621. The molecule has 1 unspecified atom stereocenters. The van der Waals surface area contributed by atoms with Gasteiger partial charge < -0.3 is 14.9 Å². The summed E-state index contributed by atoms with van der Waals surface area (Å²) >= 11 is 1.57. The molecule has 112 valence electrons. The van der Waals surface area contributed by atoms with Gasteiger partial charge in [-0.25, -0.2) is 0 Å². The highest BCUT2D eigenvalue weighted by molar-refractivity contribution is 7.99. The monoisotopic (exact) mass is 300 g/mol. The van der Waals surface area contributed by atoms with Gasteiger partial charge in [-0.05, 0) is 12.8 Å². The third-order valence-electron chi connectivity index (χ3n) is 3.87. The SMILES string of the molecule is CCC(=O)N1CSCC1C(=O)N1CCC[C@H](C(=O)O)C1. The van der Waals surface area contributed by atoms with Crippen molar-refractivity contribution in [1.29, 1.82) is 0 Å². The van der Waals surface area contributed by atoms with E-state index in [1.165, 1.54) is 0 Å². The summed E-state index contributed by atoms with van der Waals surface area (Å²) in [7, 11) is 0. The number of nitrogens with zero attached hydrogens (tertiary/aromatic N) is 2. The smallest absolute Gasteiger partial charge is 0.308 e. The van der Waals surface area contributed by atoms with E-state index in [-0.39, 0.29) is 18.4 Å².